The number of hydrogen-bond acceptors (Lipinski definition) is 3. The number of ether oxygens (including phenoxy) is 1. The van der Waals surface area contributed by atoms with Crippen molar-refractivity contribution in [2.24, 2.45) is 17.4 Å². The Morgan fingerprint density at radius 1 is 1.40 bits per heavy atom. The van der Waals surface area contributed by atoms with Crippen molar-refractivity contribution >= 4 is 11.6 Å². The molecule has 0 spiro atoms. The van der Waals surface area contributed by atoms with Crippen molar-refractivity contribution < 1.29 is 4.74 Å². The number of halogens is 1. The Morgan fingerprint density at radius 3 is 2.65 bits per heavy atom. The Morgan fingerprint density at radius 2 is 2.10 bits per heavy atom. The van der Waals surface area contributed by atoms with Crippen molar-refractivity contribution in [3.05, 3.63) is 28.3 Å². The largest absolute Gasteiger partial charge is 0.491 e. The van der Waals surface area contributed by atoms with E-state index in [1.165, 1.54) is 18.4 Å². The van der Waals surface area contributed by atoms with E-state index in [2.05, 4.69) is 19.9 Å². The number of nitrogens with two attached hydrogens (primary N) is 2. The van der Waals surface area contributed by atoms with Crippen LogP contribution in [0, 0.1) is 5.92 Å². The molecule has 1 aromatic carbocycles. The second kappa shape index (κ2) is 6.79. The molecule has 4 heteroatoms. The second-order valence-corrected chi connectivity index (χ2v) is 6.23. The predicted molar refractivity (Wildman–Crippen MR) is 84.4 cm³/mol. The number of hydrogen-bond donors (Lipinski definition) is 2. The molecule has 2 rings (SSSR count). The van der Waals surface area contributed by atoms with Gasteiger partial charge in [-0.2, -0.15) is 0 Å². The van der Waals surface area contributed by atoms with Crippen molar-refractivity contribution in [3.63, 3.8) is 0 Å². The van der Waals surface area contributed by atoms with Gasteiger partial charge in [-0.1, -0.05) is 31.5 Å². The van der Waals surface area contributed by atoms with Crippen LogP contribution in [0.1, 0.15) is 56.2 Å². The Hall–Kier alpha value is -0.770. The fraction of sp³-hybridized carbons (Fsp3) is 0.625. The lowest BCUT2D eigenvalue weighted by atomic mass is 9.94. The van der Waals surface area contributed by atoms with E-state index in [0.29, 0.717) is 23.4 Å². The molecule has 0 amide bonds. The molecule has 2 unspecified atom stereocenters. The molecular formula is C16H25ClN2O. The Kier molecular flexibility index (Phi) is 5.30. The minimum absolute atomic E-state index is 0.231. The summed E-state index contributed by atoms with van der Waals surface area (Å²) < 4.78 is 5.92. The molecule has 1 aromatic rings. The molecule has 0 saturated heterocycles. The van der Waals surface area contributed by atoms with Gasteiger partial charge in [0.15, 0.2) is 0 Å². The zero-order valence-corrected chi connectivity index (χ0v) is 13.1. The summed E-state index contributed by atoms with van der Waals surface area (Å²) in [5.74, 6) is 1.86. The van der Waals surface area contributed by atoms with Gasteiger partial charge in [-0.05, 0) is 42.7 Å². The highest BCUT2D eigenvalue weighted by atomic mass is 35.5. The second-order valence-electron chi connectivity index (χ2n) is 5.83. The highest BCUT2D eigenvalue weighted by Gasteiger charge is 2.24. The lowest BCUT2D eigenvalue weighted by Gasteiger charge is -2.20. The molecule has 2 atom stereocenters. The van der Waals surface area contributed by atoms with Gasteiger partial charge in [0.2, 0.25) is 0 Å². The molecule has 1 saturated carbocycles. The smallest absolute Gasteiger partial charge is 0.142 e. The van der Waals surface area contributed by atoms with Gasteiger partial charge < -0.3 is 16.2 Å². The van der Waals surface area contributed by atoms with Crippen molar-refractivity contribution in [1.29, 1.82) is 0 Å². The molecule has 1 aliphatic rings. The van der Waals surface area contributed by atoms with Gasteiger partial charge >= 0.3 is 0 Å². The highest BCUT2D eigenvalue weighted by molar-refractivity contribution is 6.32. The minimum atomic E-state index is -0.231. The Bertz CT molecular complexity index is 460. The third-order valence-electron chi connectivity index (χ3n) is 4.09. The van der Waals surface area contributed by atoms with E-state index in [1.54, 1.807) is 0 Å². The van der Waals surface area contributed by atoms with E-state index < -0.39 is 0 Å². The van der Waals surface area contributed by atoms with Crippen LogP contribution in [0.25, 0.3) is 0 Å². The topological polar surface area (TPSA) is 61.3 Å². The fourth-order valence-corrected chi connectivity index (χ4v) is 2.49. The average molecular weight is 297 g/mol. The van der Waals surface area contributed by atoms with Crippen molar-refractivity contribution in [3.8, 4) is 5.75 Å². The van der Waals surface area contributed by atoms with Gasteiger partial charge in [-0.3, -0.25) is 0 Å². The summed E-state index contributed by atoms with van der Waals surface area (Å²) in [6.45, 7) is 5.47. The van der Waals surface area contributed by atoms with Gasteiger partial charge in [0, 0.05) is 18.2 Å². The molecule has 0 radical (unpaired) electrons. The molecule has 0 aromatic heterocycles. The molecule has 20 heavy (non-hydrogen) atoms. The summed E-state index contributed by atoms with van der Waals surface area (Å²) in [6.07, 6.45) is 3.57. The van der Waals surface area contributed by atoms with Crippen molar-refractivity contribution in [1.82, 2.24) is 0 Å². The van der Waals surface area contributed by atoms with E-state index in [1.807, 2.05) is 6.07 Å². The molecule has 0 heterocycles. The molecule has 0 aliphatic heterocycles. The number of benzene rings is 1. The lowest BCUT2D eigenvalue weighted by molar-refractivity contribution is 0.295. The molecular weight excluding hydrogens is 272 g/mol. The van der Waals surface area contributed by atoms with Gasteiger partial charge in [0.25, 0.3) is 0 Å². The summed E-state index contributed by atoms with van der Waals surface area (Å²) in [4.78, 5) is 0. The van der Waals surface area contributed by atoms with Gasteiger partial charge in [0.1, 0.15) is 5.75 Å². The summed E-state index contributed by atoms with van der Waals surface area (Å²) in [6, 6.07) is 3.88. The maximum atomic E-state index is 6.42. The minimum Gasteiger partial charge on any atom is -0.491 e. The van der Waals surface area contributed by atoms with Crippen LogP contribution in [0.5, 0.6) is 5.75 Å². The van der Waals surface area contributed by atoms with E-state index >= 15 is 0 Å². The normalized spacial score (nSPS) is 17.9. The summed E-state index contributed by atoms with van der Waals surface area (Å²) in [5.41, 5.74) is 14.0. The Labute approximate surface area is 126 Å². The van der Waals surface area contributed by atoms with Crippen LogP contribution < -0.4 is 16.2 Å². The molecule has 0 bridgehead atoms. The zero-order valence-electron chi connectivity index (χ0n) is 12.4. The van der Waals surface area contributed by atoms with Crippen LogP contribution in [0.3, 0.4) is 0 Å². The van der Waals surface area contributed by atoms with Gasteiger partial charge in [-0.25, -0.2) is 0 Å². The first kappa shape index (κ1) is 15.6. The first-order chi connectivity index (χ1) is 9.56. The van der Waals surface area contributed by atoms with Crippen LogP contribution >= 0.6 is 11.6 Å². The van der Waals surface area contributed by atoms with E-state index in [-0.39, 0.29) is 6.04 Å². The van der Waals surface area contributed by atoms with E-state index in [9.17, 15) is 0 Å². The molecule has 3 nitrogen and oxygen atoms in total. The first-order valence-electron chi connectivity index (χ1n) is 7.48. The van der Waals surface area contributed by atoms with Crippen LogP contribution in [-0.2, 0) is 0 Å². The fourth-order valence-electron chi connectivity index (χ4n) is 2.20. The molecule has 4 N–H and O–H groups in total. The van der Waals surface area contributed by atoms with E-state index in [0.717, 1.165) is 24.3 Å². The summed E-state index contributed by atoms with van der Waals surface area (Å²) in [7, 11) is 0. The molecule has 112 valence electrons. The standard InChI is InChI=1S/C16H25ClN2O/c1-3-10(2)12-6-13(15(19)8-18)16(14(17)7-12)20-9-11-4-5-11/h6-7,10-11,15H,3-5,8-9,18-19H2,1-2H3. The average Bonchev–Trinajstić information content (AvgIpc) is 3.27. The maximum absolute atomic E-state index is 6.42. The van der Waals surface area contributed by atoms with E-state index in [4.69, 9.17) is 27.8 Å². The monoisotopic (exact) mass is 296 g/mol. The molecule has 1 aliphatic carbocycles. The summed E-state index contributed by atoms with van der Waals surface area (Å²) in [5, 5.41) is 0.655. The number of rotatable bonds is 7. The zero-order chi connectivity index (χ0) is 14.7. The first-order valence-corrected chi connectivity index (χ1v) is 7.86. The highest BCUT2D eigenvalue weighted by Crippen LogP contribution is 2.38. The quantitative estimate of drug-likeness (QED) is 0.808. The van der Waals surface area contributed by atoms with Crippen molar-refractivity contribution in [2.75, 3.05) is 13.2 Å². The van der Waals surface area contributed by atoms with Gasteiger partial charge in [-0.15, -0.1) is 0 Å². The third-order valence-corrected chi connectivity index (χ3v) is 4.37. The summed E-state index contributed by atoms with van der Waals surface area (Å²) >= 11 is 6.42. The van der Waals surface area contributed by atoms with Gasteiger partial charge in [0.05, 0.1) is 11.6 Å². The van der Waals surface area contributed by atoms with Crippen LogP contribution in [-0.4, -0.2) is 13.2 Å². The third kappa shape index (κ3) is 3.66. The lowest BCUT2D eigenvalue weighted by Crippen LogP contribution is -2.22. The molecule has 1 fully saturated rings. The Balaban J connectivity index is 2.31. The van der Waals surface area contributed by atoms with Crippen molar-refractivity contribution in [2.45, 2.75) is 45.1 Å². The van der Waals surface area contributed by atoms with Crippen LogP contribution in [0.4, 0.5) is 0 Å². The van der Waals surface area contributed by atoms with Crippen LogP contribution in [0.15, 0.2) is 12.1 Å². The van der Waals surface area contributed by atoms with Crippen LogP contribution in [0.2, 0.25) is 5.02 Å². The SMILES string of the molecule is CCC(C)c1cc(Cl)c(OCC2CC2)c(C(N)CN)c1. The predicted octanol–water partition coefficient (Wildman–Crippen LogP) is 3.60. The maximum Gasteiger partial charge on any atom is 0.142 e.